The smallest absolute Gasteiger partial charge is 0.215 e. The van der Waals surface area contributed by atoms with Gasteiger partial charge in [-0.1, -0.05) is 6.92 Å². The number of hydrogen-bond acceptors (Lipinski definition) is 6. The van der Waals surface area contributed by atoms with Gasteiger partial charge in [0, 0.05) is 19.2 Å². The molecule has 2 aromatic heterocycles. The minimum atomic E-state index is 0.103. The third kappa shape index (κ3) is 2.79. The first-order chi connectivity index (χ1) is 10.2. The molecule has 7 heteroatoms. The summed E-state index contributed by atoms with van der Waals surface area (Å²) in [5.41, 5.74) is 7.55. The average molecular weight is 291 g/mol. The van der Waals surface area contributed by atoms with Gasteiger partial charge in [-0.05, 0) is 12.6 Å². The normalized spacial score (nSPS) is 20.0. The van der Waals surface area contributed by atoms with Crippen LogP contribution in [0.15, 0.2) is 12.1 Å². The van der Waals surface area contributed by atoms with Crippen LogP contribution in [-0.2, 0) is 11.3 Å². The molecule has 1 aliphatic rings. The largest absolute Gasteiger partial charge is 0.481 e. The van der Waals surface area contributed by atoms with E-state index < -0.39 is 0 Å². The van der Waals surface area contributed by atoms with Crippen molar-refractivity contribution in [3.8, 4) is 5.88 Å². The maximum absolute atomic E-state index is 6.03. The fourth-order valence-corrected chi connectivity index (χ4v) is 2.68. The van der Waals surface area contributed by atoms with Crippen molar-refractivity contribution >= 4 is 17.1 Å². The molecule has 0 spiro atoms. The standard InChI is InChI=1S/C14H21N5O2/c1-3-18-6-7-21-10(8-18)9-19-13-11(16-14(19)15)4-5-12(17-13)20-2/h4-5,10H,3,6-9H2,1-2H3,(H2,15,16). The Bertz CT molecular complexity index is 627. The molecule has 21 heavy (non-hydrogen) atoms. The maximum atomic E-state index is 6.03. The average Bonchev–Trinajstić information content (AvgIpc) is 2.82. The van der Waals surface area contributed by atoms with Crippen molar-refractivity contribution in [2.75, 3.05) is 39.1 Å². The number of fused-ring (bicyclic) bond motifs is 1. The van der Waals surface area contributed by atoms with Crippen LogP contribution in [0, 0.1) is 0 Å². The molecule has 2 N–H and O–H groups in total. The lowest BCUT2D eigenvalue weighted by atomic mass is 10.2. The van der Waals surface area contributed by atoms with Crippen LogP contribution < -0.4 is 10.5 Å². The second-order valence-corrected chi connectivity index (χ2v) is 5.16. The van der Waals surface area contributed by atoms with Gasteiger partial charge in [-0.3, -0.25) is 9.47 Å². The Kier molecular flexibility index (Phi) is 3.94. The van der Waals surface area contributed by atoms with E-state index in [-0.39, 0.29) is 6.10 Å². The van der Waals surface area contributed by atoms with Crippen LogP contribution in [0.1, 0.15) is 6.92 Å². The molecule has 1 aliphatic heterocycles. The van der Waals surface area contributed by atoms with Crippen LogP contribution in [0.2, 0.25) is 0 Å². The zero-order chi connectivity index (χ0) is 14.8. The summed E-state index contributed by atoms with van der Waals surface area (Å²) >= 11 is 0. The van der Waals surface area contributed by atoms with Crippen molar-refractivity contribution in [2.24, 2.45) is 0 Å². The number of ether oxygens (including phenoxy) is 2. The molecule has 0 amide bonds. The molecular formula is C14H21N5O2. The number of nitrogen functional groups attached to an aromatic ring is 1. The molecular weight excluding hydrogens is 270 g/mol. The summed E-state index contributed by atoms with van der Waals surface area (Å²) in [5.74, 6) is 1.02. The predicted octanol–water partition coefficient (Wildman–Crippen LogP) is 0.743. The first-order valence-electron chi connectivity index (χ1n) is 7.22. The zero-order valence-electron chi connectivity index (χ0n) is 12.5. The van der Waals surface area contributed by atoms with Crippen molar-refractivity contribution in [2.45, 2.75) is 19.6 Å². The minimum Gasteiger partial charge on any atom is -0.481 e. The maximum Gasteiger partial charge on any atom is 0.215 e. The number of anilines is 1. The molecule has 0 saturated carbocycles. The lowest BCUT2D eigenvalue weighted by Gasteiger charge is -2.32. The Balaban J connectivity index is 1.87. The van der Waals surface area contributed by atoms with Gasteiger partial charge in [-0.25, -0.2) is 4.98 Å². The van der Waals surface area contributed by atoms with Crippen molar-refractivity contribution in [3.63, 3.8) is 0 Å². The van der Waals surface area contributed by atoms with Gasteiger partial charge in [-0.15, -0.1) is 0 Å². The van der Waals surface area contributed by atoms with E-state index >= 15 is 0 Å². The van der Waals surface area contributed by atoms with Gasteiger partial charge in [-0.2, -0.15) is 4.98 Å². The Morgan fingerprint density at radius 3 is 3.05 bits per heavy atom. The van der Waals surface area contributed by atoms with Gasteiger partial charge < -0.3 is 15.2 Å². The predicted molar refractivity (Wildman–Crippen MR) is 80.3 cm³/mol. The van der Waals surface area contributed by atoms with Gasteiger partial charge in [0.15, 0.2) is 5.65 Å². The number of methoxy groups -OCH3 is 1. The van der Waals surface area contributed by atoms with Crippen LogP contribution in [0.4, 0.5) is 5.95 Å². The first kappa shape index (κ1) is 14.1. The van der Waals surface area contributed by atoms with Gasteiger partial charge in [0.25, 0.3) is 0 Å². The molecule has 1 unspecified atom stereocenters. The second kappa shape index (κ2) is 5.87. The number of likely N-dealkylation sites (N-methyl/N-ethyl adjacent to an activating group) is 1. The highest BCUT2D eigenvalue weighted by atomic mass is 16.5. The number of rotatable bonds is 4. The Hall–Kier alpha value is -1.86. The van der Waals surface area contributed by atoms with Crippen molar-refractivity contribution in [3.05, 3.63) is 12.1 Å². The molecule has 3 rings (SSSR count). The number of morpholine rings is 1. The van der Waals surface area contributed by atoms with E-state index in [0.717, 1.165) is 37.4 Å². The van der Waals surface area contributed by atoms with Crippen molar-refractivity contribution in [1.29, 1.82) is 0 Å². The van der Waals surface area contributed by atoms with Crippen LogP contribution in [0.5, 0.6) is 5.88 Å². The fraction of sp³-hybridized carbons (Fsp3) is 0.571. The number of nitrogens with zero attached hydrogens (tertiary/aromatic N) is 4. The number of pyridine rings is 1. The van der Waals surface area contributed by atoms with Gasteiger partial charge in [0.1, 0.15) is 5.52 Å². The molecule has 114 valence electrons. The van der Waals surface area contributed by atoms with Gasteiger partial charge >= 0.3 is 0 Å². The van der Waals surface area contributed by atoms with E-state index in [4.69, 9.17) is 15.2 Å². The van der Waals surface area contributed by atoms with E-state index in [1.807, 2.05) is 10.6 Å². The lowest BCUT2D eigenvalue weighted by Crippen LogP contribution is -2.44. The molecule has 0 aliphatic carbocycles. The number of hydrogen-bond donors (Lipinski definition) is 1. The molecule has 1 atom stereocenters. The van der Waals surface area contributed by atoms with Gasteiger partial charge in [0.05, 0.1) is 26.4 Å². The molecule has 1 fully saturated rings. The molecule has 1 saturated heterocycles. The summed E-state index contributed by atoms with van der Waals surface area (Å²) in [4.78, 5) is 11.2. The molecule has 0 bridgehead atoms. The minimum absolute atomic E-state index is 0.103. The summed E-state index contributed by atoms with van der Waals surface area (Å²) in [5, 5.41) is 0. The highest BCUT2D eigenvalue weighted by molar-refractivity contribution is 5.74. The van der Waals surface area contributed by atoms with Crippen LogP contribution in [0.25, 0.3) is 11.2 Å². The SMILES string of the molecule is CCN1CCOC(Cn2c(N)nc3ccc(OC)nc32)C1. The summed E-state index contributed by atoms with van der Waals surface area (Å²) < 4.78 is 12.9. The highest BCUT2D eigenvalue weighted by Crippen LogP contribution is 2.20. The van der Waals surface area contributed by atoms with E-state index in [2.05, 4.69) is 21.8 Å². The van der Waals surface area contributed by atoms with Crippen LogP contribution >= 0.6 is 0 Å². The number of aromatic nitrogens is 3. The third-order valence-electron chi connectivity index (χ3n) is 3.86. The fourth-order valence-electron chi connectivity index (χ4n) is 2.68. The molecule has 2 aromatic rings. The Morgan fingerprint density at radius 2 is 2.29 bits per heavy atom. The van der Waals surface area contributed by atoms with Crippen molar-refractivity contribution in [1.82, 2.24) is 19.4 Å². The monoisotopic (exact) mass is 291 g/mol. The highest BCUT2D eigenvalue weighted by Gasteiger charge is 2.22. The first-order valence-corrected chi connectivity index (χ1v) is 7.22. The summed E-state index contributed by atoms with van der Waals surface area (Å²) in [6, 6.07) is 3.66. The summed E-state index contributed by atoms with van der Waals surface area (Å²) in [6.07, 6.45) is 0.103. The molecule has 3 heterocycles. The van der Waals surface area contributed by atoms with Crippen LogP contribution in [-0.4, -0.2) is 58.9 Å². The molecule has 7 nitrogen and oxygen atoms in total. The second-order valence-electron chi connectivity index (χ2n) is 5.16. The Morgan fingerprint density at radius 1 is 1.43 bits per heavy atom. The molecule has 0 radical (unpaired) electrons. The van der Waals surface area contributed by atoms with E-state index in [9.17, 15) is 0 Å². The number of nitrogens with two attached hydrogens (primary N) is 1. The van der Waals surface area contributed by atoms with Crippen LogP contribution in [0.3, 0.4) is 0 Å². The molecule has 0 aromatic carbocycles. The quantitative estimate of drug-likeness (QED) is 0.895. The lowest BCUT2D eigenvalue weighted by molar-refractivity contribution is -0.0336. The topological polar surface area (TPSA) is 78.4 Å². The summed E-state index contributed by atoms with van der Waals surface area (Å²) in [7, 11) is 1.60. The number of imidazole rings is 1. The Labute approximate surface area is 123 Å². The third-order valence-corrected chi connectivity index (χ3v) is 3.86. The van der Waals surface area contributed by atoms with Crippen molar-refractivity contribution < 1.29 is 9.47 Å². The summed E-state index contributed by atoms with van der Waals surface area (Å²) in [6.45, 7) is 6.49. The van der Waals surface area contributed by atoms with E-state index in [0.29, 0.717) is 18.4 Å². The van der Waals surface area contributed by atoms with E-state index in [1.165, 1.54) is 0 Å². The van der Waals surface area contributed by atoms with Gasteiger partial charge in [0.2, 0.25) is 11.8 Å². The van der Waals surface area contributed by atoms with E-state index in [1.54, 1.807) is 13.2 Å². The zero-order valence-corrected chi connectivity index (χ0v) is 12.5.